The molecule has 0 saturated heterocycles. The maximum Gasteiger partial charge on any atom is 0.244 e. The van der Waals surface area contributed by atoms with Gasteiger partial charge in [-0.15, -0.1) is 0 Å². The highest BCUT2D eigenvalue weighted by molar-refractivity contribution is 5.98. The monoisotopic (exact) mass is 326 g/mol. The number of aromatic nitrogens is 2. The smallest absolute Gasteiger partial charge is 0.244 e. The van der Waals surface area contributed by atoms with E-state index in [1.165, 1.54) is 0 Å². The standard InChI is InChI=1S/C19H26N4O/c1-2-3-12-23-13-11-21-17(23)15-7-6-8-16(14-15)22-18(24)19(20)9-4-5-10-19/h6-8,11,13-14H,2-5,9-10,12,20H2,1H3,(H,22,24). The van der Waals surface area contributed by atoms with Gasteiger partial charge in [-0.3, -0.25) is 4.79 Å². The van der Waals surface area contributed by atoms with Crippen molar-refractivity contribution < 1.29 is 4.79 Å². The summed E-state index contributed by atoms with van der Waals surface area (Å²) < 4.78 is 2.16. The second-order valence-electron chi connectivity index (χ2n) is 6.70. The Hall–Kier alpha value is -2.14. The molecule has 1 aliphatic carbocycles. The molecule has 0 atom stereocenters. The molecule has 1 saturated carbocycles. The third-order valence-electron chi connectivity index (χ3n) is 4.79. The van der Waals surface area contributed by atoms with Crippen molar-refractivity contribution in [3.05, 3.63) is 36.7 Å². The van der Waals surface area contributed by atoms with Gasteiger partial charge in [-0.2, -0.15) is 0 Å². The molecule has 24 heavy (non-hydrogen) atoms. The van der Waals surface area contributed by atoms with E-state index in [4.69, 9.17) is 5.73 Å². The van der Waals surface area contributed by atoms with E-state index in [2.05, 4.69) is 21.8 Å². The molecule has 3 rings (SSSR count). The molecular weight excluding hydrogens is 300 g/mol. The number of carbonyl (C=O) groups is 1. The minimum absolute atomic E-state index is 0.0773. The Morgan fingerprint density at radius 1 is 1.38 bits per heavy atom. The summed E-state index contributed by atoms with van der Waals surface area (Å²) in [4.78, 5) is 17.0. The van der Waals surface area contributed by atoms with Gasteiger partial charge in [-0.1, -0.05) is 38.3 Å². The molecule has 1 fully saturated rings. The number of imidazole rings is 1. The molecule has 0 aliphatic heterocycles. The number of anilines is 1. The Morgan fingerprint density at radius 3 is 2.92 bits per heavy atom. The third-order valence-corrected chi connectivity index (χ3v) is 4.79. The molecule has 1 aromatic carbocycles. The molecule has 128 valence electrons. The number of unbranched alkanes of at least 4 members (excludes halogenated alkanes) is 1. The zero-order chi connectivity index (χ0) is 17.0. The summed E-state index contributed by atoms with van der Waals surface area (Å²) in [5, 5.41) is 2.99. The molecule has 0 radical (unpaired) electrons. The van der Waals surface area contributed by atoms with Gasteiger partial charge >= 0.3 is 0 Å². The van der Waals surface area contributed by atoms with Crippen LogP contribution in [0.1, 0.15) is 45.4 Å². The maximum atomic E-state index is 12.5. The minimum Gasteiger partial charge on any atom is -0.331 e. The second-order valence-corrected chi connectivity index (χ2v) is 6.70. The van der Waals surface area contributed by atoms with Crippen LogP contribution in [0, 0.1) is 0 Å². The van der Waals surface area contributed by atoms with Crippen LogP contribution in [0.15, 0.2) is 36.7 Å². The van der Waals surface area contributed by atoms with Gasteiger partial charge in [0.05, 0.1) is 5.54 Å². The summed E-state index contributed by atoms with van der Waals surface area (Å²) >= 11 is 0. The number of nitrogens with one attached hydrogen (secondary N) is 1. The molecule has 1 aliphatic rings. The minimum atomic E-state index is -0.713. The summed E-state index contributed by atoms with van der Waals surface area (Å²) in [5.41, 5.74) is 7.30. The van der Waals surface area contributed by atoms with Crippen LogP contribution in [0.2, 0.25) is 0 Å². The molecule has 1 amide bonds. The van der Waals surface area contributed by atoms with Crippen molar-refractivity contribution in [3.63, 3.8) is 0 Å². The number of carbonyl (C=O) groups excluding carboxylic acids is 1. The molecule has 1 heterocycles. The van der Waals surface area contributed by atoms with Crippen molar-refractivity contribution in [3.8, 4) is 11.4 Å². The summed E-state index contributed by atoms with van der Waals surface area (Å²) in [6, 6.07) is 7.84. The van der Waals surface area contributed by atoms with Crippen LogP contribution in [-0.2, 0) is 11.3 Å². The highest BCUT2D eigenvalue weighted by Crippen LogP contribution is 2.29. The fourth-order valence-corrected chi connectivity index (χ4v) is 3.30. The first-order valence-corrected chi connectivity index (χ1v) is 8.84. The first kappa shape index (κ1) is 16.7. The zero-order valence-corrected chi connectivity index (χ0v) is 14.3. The van der Waals surface area contributed by atoms with E-state index in [9.17, 15) is 4.79 Å². The summed E-state index contributed by atoms with van der Waals surface area (Å²) in [6.45, 7) is 3.13. The SMILES string of the molecule is CCCCn1ccnc1-c1cccc(NC(=O)C2(N)CCCC2)c1. The molecule has 1 aromatic heterocycles. The number of rotatable bonds is 6. The molecule has 3 N–H and O–H groups in total. The molecule has 5 nitrogen and oxygen atoms in total. The average molecular weight is 326 g/mol. The first-order valence-electron chi connectivity index (χ1n) is 8.84. The van der Waals surface area contributed by atoms with Gasteiger partial charge in [0.2, 0.25) is 5.91 Å². The van der Waals surface area contributed by atoms with Crippen LogP contribution in [-0.4, -0.2) is 21.0 Å². The van der Waals surface area contributed by atoms with Crippen LogP contribution in [0.5, 0.6) is 0 Å². The first-order chi connectivity index (χ1) is 11.6. The van der Waals surface area contributed by atoms with E-state index >= 15 is 0 Å². The van der Waals surface area contributed by atoms with Crippen LogP contribution in [0.4, 0.5) is 5.69 Å². The Morgan fingerprint density at radius 2 is 2.17 bits per heavy atom. The largest absolute Gasteiger partial charge is 0.331 e. The number of benzene rings is 1. The van der Waals surface area contributed by atoms with Crippen molar-refractivity contribution in [1.82, 2.24) is 9.55 Å². The van der Waals surface area contributed by atoms with E-state index in [0.29, 0.717) is 0 Å². The fourth-order valence-electron chi connectivity index (χ4n) is 3.30. The summed E-state index contributed by atoms with van der Waals surface area (Å²) in [7, 11) is 0. The topological polar surface area (TPSA) is 72.9 Å². The van der Waals surface area contributed by atoms with E-state index in [1.54, 1.807) is 0 Å². The van der Waals surface area contributed by atoms with Crippen LogP contribution in [0.3, 0.4) is 0 Å². The number of nitrogens with two attached hydrogens (primary N) is 1. The van der Waals surface area contributed by atoms with Crippen molar-refractivity contribution in [2.75, 3.05) is 5.32 Å². The quantitative estimate of drug-likeness (QED) is 0.852. The highest BCUT2D eigenvalue weighted by Gasteiger charge is 2.36. The predicted molar refractivity (Wildman–Crippen MR) is 96.6 cm³/mol. The Balaban J connectivity index is 1.77. The van der Waals surface area contributed by atoms with Gasteiger partial charge in [0.1, 0.15) is 5.82 Å². The van der Waals surface area contributed by atoms with Crippen LogP contribution in [0.25, 0.3) is 11.4 Å². The number of aryl methyl sites for hydroxylation is 1. The Kier molecular flexibility index (Phi) is 5.00. The van der Waals surface area contributed by atoms with E-state index in [0.717, 1.165) is 62.1 Å². The molecule has 0 unspecified atom stereocenters. The van der Waals surface area contributed by atoms with Crippen molar-refractivity contribution in [1.29, 1.82) is 0 Å². The van der Waals surface area contributed by atoms with Crippen molar-refractivity contribution in [2.24, 2.45) is 5.73 Å². The van der Waals surface area contributed by atoms with E-state index < -0.39 is 5.54 Å². The normalized spacial score (nSPS) is 16.2. The van der Waals surface area contributed by atoms with Gasteiger partial charge in [-0.05, 0) is 31.4 Å². The summed E-state index contributed by atoms with van der Waals surface area (Å²) in [5.74, 6) is 0.856. The number of amides is 1. The number of nitrogens with zero attached hydrogens (tertiary/aromatic N) is 2. The van der Waals surface area contributed by atoms with E-state index in [-0.39, 0.29) is 5.91 Å². The van der Waals surface area contributed by atoms with E-state index in [1.807, 2.05) is 36.7 Å². The van der Waals surface area contributed by atoms with Gasteiger partial charge in [-0.25, -0.2) is 4.98 Å². The third kappa shape index (κ3) is 3.51. The van der Waals surface area contributed by atoms with Gasteiger partial charge < -0.3 is 15.6 Å². The Bertz CT molecular complexity index is 701. The lowest BCUT2D eigenvalue weighted by molar-refractivity contribution is -0.121. The maximum absolute atomic E-state index is 12.5. The van der Waals surface area contributed by atoms with Crippen molar-refractivity contribution in [2.45, 2.75) is 57.5 Å². The molecule has 5 heteroatoms. The lowest BCUT2D eigenvalue weighted by atomic mass is 9.98. The average Bonchev–Trinajstić information content (AvgIpc) is 3.23. The number of hydrogen-bond donors (Lipinski definition) is 2. The highest BCUT2D eigenvalue weighted by atomic mass is 16.2. The lowest BCUT2D eigenvalue weighted by Gasteiger charge is -2.22. The second kappa shape index (κ2) is 7.18. The van der Waals surface area contributed by atoms with Gasteiger partial charge in [0.15, 0.2) is 0 Å². The van der Waals surface area contributed by atoms with Crippen molar-refractivity contribution >= 4 is 11.6 Å². The Labute approximate surface area is 143 Å². The molecule has 2 aromatic rings. The summed E-state index contributed by atoms with van der Waals surface area (Å²) in [6.07, 6.45) is 9.67. The zero-order valence-electron chi connectivity index (χ0n) is 14.3. The molecule has 0 bridgehead atoms. The van der Waals surface area contributed by atoms with Crippen LogP contribution >= 0.6 is 0 Å². The molecule has 0 spiro atoms. The van der Waals surface area contributed by atoms with Crippen LogP contribution < -0.4 is 11.1 Å². The van der Waals surface area contributed by atoms with Gasteiger partial charge in [0, 0.05) is 30.2 Å². The van der Waals surface area contributed by atoms with Gasteiger partial charge in [0.25, 0.3) is 0 Å². The lowest BCUT2D eigenvalue weighted by Crippen LogP contribution is -2.48. The molecular formula is C19H26N4O. The fraction of sp³-hybridized carbons (Fsp3) is 0.474. The number of hydrogen-bond acceptors (Lipinski definition) is 3. The predicted octanol–water partition coefficient (Wildman–Crippen LogP) is 3.56.